The van der Waals surface area contributed by atoms with Crippen LogP contribution in [0.4, 0.5) is 5.13 Å². The van der Waals surface area contributed by atoms with Crippen molar-refractivity contribution in [2.24, 2.45) is 5.92 Å². The molecule has 2 aromatic heterocycles. The minimum Gasteiger partial charge on any atom is -0.451 e. The van der Waals surface area contributed by atoms with Crippen LogP contribution >= 0.6 is 11.3 Å². The van der Waals surface area contributed by atoms with E-state index in [9.17, 15) is 4.79 Å². The number of fused-ring (bicyclic) bond motifs is 1. The lowest BCUT2D eigenvalue weighted by atomic mass is 9.99. The van der Waals surface area contributed by atoms with E-state index in [0.717, 1.165) is 47.8 Å². The summed E-state index contributed by atoms with van der Waals surface area (Å²) < 4.78 is 5.76. The van der Waals surface area contributed by atoms with Gasteiger partial charge in [-0.15, -0.1) is 11.3 Å². The Morgan fingerprint density at radius 3 is 2.78 bits per heavy atom. The molecule has 1 aromatic carbocycles. The van der Waals surface area contributed by atoms with Gasteiger partial charge in [0.2, 0.25) is 0 Å². The molecule has 27 heavy (non-hydrogen) atoms. The number of rotatable bonds is 4. The number of para-hydroxylation sites is 1. The first-order chi connectivity index (χ1) is 13.0. The molecule has 6 heteroatoms. The van der Waals surface area contributed by atoms with Gasteiger partial charge in [-0.3, -0.25) is 15.0 Å². The third-order valence-electron chi connectivity index (χ3n) is 5.41. The number of aryl methyl sites for hydroxylation is 2. The summed E-state index contributed by atoms with van der Waals surface area (Å²) in [5, 5.41) is 4.53. The number of hydrogen-bond donors (Lipinski definition) is 1. The zero-order valence-corrected chi connectivity index (χ0v) is 16.9. The number of thiazole rings is 1. The molecule has 142 valence electrons. The lowest BCUT2D eigenvalue weighted by Gasteiger charge is -2.29. The molecule has 3 heterocycles. The molecule has 0 saturated carbocycles. The number of nitrogens with one attached hydrogen (secondary N) is 1. The normalized spacial score (nSPS) is 16.1. The second-order valence-corrected chi connectivity index (χ2v) is 8.58. The third kappa shape index (κ3) is 3.77. The predicted octanol–water partition coefficient (Wildman–Crippen LogP) is 4.99. The highest BCUT2D eigenvalue weighted by molar-refractivity contribution is 7.15. The second-order valence-electron chi connectivity index (χ2n) is 7.49. The van der Waals surface area contributed by atoms with Crippen molar-refractivity contribution in [1.29, 1.82) is 0 Å². The average molecular weight is 384 g/mol. The number of anilines is 1. The zero-order valence-electron chi connectivity index (χ0n) is 16.0. The molecule has 0 unspecified atom stereocenters. The Morgan fingerprint density at radius 2 is 2.04 bits per heavy atom. The quantitative estimate of drug-likeness (QED) is 0.689. The monoisotopic (exact) mass is 383 g/mol. The molecular weight excluding hydrogens is 358 g/mol. The Kier molecular flexibility index (Phi) is 5.02. The minimum absolute atomic E-state index is 0.240. The largest absolute Gasteiger partial charge is 0.451 e. The van der Waals surface area contributed by atoms with E-state index in [1.165, 1.54) is 17.7 Å². The lowest BCUT2D eigenvalue weighted by Crippen LogP contribution is -2.32. The van der Waals surface area contributed by atoms with Gasteiger partial charge in [-0.25, -0.2) is 4.98 Å². The van der Waals surface area contributed by atoms with Gasteiger partial charge in [0.15, 0.2) is 10.9 Å². The molecule has 1 fully saturated rings. The van der Waals surface area contributed by atoms with Gasteiger partial charge in [0.05, 0.1) is 5.69 Å². The summed E-state index contributed by atoms with van der Waals surface area (Å²) in [6.45, 7) is 9.44. The summed E-state index contributed by atoms with van der Waals surface area (Å²) in [5.74, 6) is 0.942. The number of furan rings is 1. The average Bonchev–Trinajstić information content (AvgIpc) is 3.17. The maximum absolute atomic E-state index is 12.7. The van der Waals surface area contributed by atoms with Gasteiger partial charge in [0.1, 0.15) is 5.58 Å². The zero-order chi connectivity index (χ0) is 19.0. The molecule has 5 nitrogen and oxygen atoms in total. The fourth-order valence-electron chi connectivity index (χ4n) is 3.60. The highest BCUT2D eigenvalue weighted by atomic mass is 32.1. The standard InChI is InChI=1S/C21H25N3O2S/c1-13-8-10-24(11-9-13)12-18-15(3)22-21(27-18)23-20(25)19-14(2)16-6-4-5-7-17(16)26-19/h4-7,13H,8-12H2,1-3H3,(H,22,23,25). The Hall–Kier alpha value is -2.18. The summed E-state index contributed by atoms with van der Waals surface area (Å²) in [7, 11) is 0. The predicted molar refractivity (Wildman–Crippen MR) is 109 cm³/mol. The van der Waals surface area contributed by atoms with E-state index in [2.05, 4.69) is 22.1 Å². The van der Waals surface area contributed by atoms with Crippen LogP contribution in [-0.4, -0.2) is 28.9 Å². The summed E-state index contributed by atoms with van der Waals surface area (Å²) in [5.41, 5.74) is 2.59. The fourth-order valence-corrected chi connectivity index (χ4v) is 4.60. The summed E-state index contributed by atoms with van der Waals surface area (Å²) in [6.07, 6.45) is 2.51. The van der Waals surface area contributed by atoms with Gasteiger partial charge in [-0.05, 0) is 51.8 Å². The number of carbonyl (C=O) groups is 1. The molecule has 1 aliphatic rings. The van der Waals surface area contributed by atoms with Crippen molar-refractivity contribution >= 4 is 33.3 Å². The van der Waals surface area contributed by atoms with Gasteiger partial charge < -0.3 is 4.42 Å². The van der Waals surface area contributed by atoms with E-state index in [1.54, 1.807) is 11.3 Å². The molecule has 1 amide bonds. The van der Waals surface area contributed by atoms with E-state index < -0.39 is 0 Å². The summed E-state index contributed by atoms with van der Waals surface area (Å²) >= 11 is 1.56. The van der Waals surface area contributed by atoms with Gasteiger partial charge in [-0.1, -0.05) is 25.1 Å². The molecule has 0 spiro atoms. The summed E-state index contributed by atoms with van der Waals surface area (Å²) in [6, 6.07) is 7.70. The first-order valence-corrected chi connectivity index (χ1v) is 10.3. The Bertz CT molecular complexity index is 967. The van der Waals surface area contributed by atoms with Crippen molar-refractivity contribution in [1.82, 2.24) is 9.88 Å². The van der Waals surface area contributed by atoms with Crippen LogP contribution in [-0.2, 0) is 6.54 Å². The van der Waals surface area contributed by atoms with Crippen LogP contribution in [0, 0.1) is 19.8 Å². The summed E-state index contributed by atoms with van der Waals surface area (Å²) in [4.78, 5) is 21.0. The Morgan fingerprint density at radius 1 is 1.30 bits per heavy atom. The number of piperidine rings is 1. The first kappa shape index (κ1) is 18.2. The van der Waals surface area contributed by atoms with E-state index in [4.69, 9.17) is 4.42 Å². The number of benzene rings is 1. The Balaban J connectivity index is 1.47. The maximum atomic E-state index is 12.7. The molecule has 1 N–H and O–H groups in total. The molecule has 4 rings (SSSR count). The SMILES string of the molecule is Cc1nc(NC(=O)c2oc3ccccc3c2C)sc1CN1CCC(C)CC1. The molecule has 3 aromatic rings. The van der Waals surface area contributed by atoms with Crippen LogP contribution in [0.25, 0.3) is 11.0 Å². The van der Waals surface area contributed by atoms with Crippen LogP contribution in [0.5, 0.6) is 0 Å². The third-order valence-corrected chi connectivity index (χ3v) is 6.46. The maximum Gasteiger partial charge on any atom is 0.293 e. The molecule has 1 aliphatic heterocycles. The molecule has 1 saturated heterocycles. The van der Waals surface area contributed by atoms with E-state index >= 15 is 0 Å². The van der Waals surface area contributed by atoms with E-state index in [1.807, 2.05) is 38.1 Å². The fraction of sp³-hybridized carbons (Fsp3) is 0.429. The van der Waals surface area contributed by atoms with E-state index in [-0.39, 0.29) is 5.91 Å². The van der Waals surface area contributed by atoms with Crippen LogP contribution in [0.1, 0.15) is 46.5 Å². The molecular formula is C21H25N3O2S. The number of aromatic nitrogens is 1. The van der Waals surface area contributed by atoms with Crippen molar-refractivity contribution in [3.05, 3.63) is 46.2 Å². The topological polar surface area (TPSA) is 58.4 Å². The molecule has 0 radical (unpaired) electrons. The van der Waals surface area contributed by atoms with Gasteiger partial charge >= 0.3 is 0 Å². The minimum atomic E-state index is -0.240. The molecule has 0 bridgehead atoms. The number of hydrogen-bond acceptors (Lipinski definition) is 5. The van der Waals surface area contributed by atoms with Crippen molar-refractivity contribution in [3.63, 3.8) is 0 Å². The van der Waals surface area contributed by atoms with Crippen LogP contribution in [0.3, 0.4) is 0 Å². The van der Waals surface area contributed by atoms with Gasteiger partial charge in [-0.2, -0.15) is 0 Å². The lowest BCUT2D eigenvalue weighted by molar-refractivity contribution is 0.0998. The number of carbonyl (C=O) groups excluding carboxylic acids is 1. The molecule has 0 aliphatic carbocycles. The highest BCUT2D eigenvalue weighted by Gasteiger charge is 2.21. The number of nitrogens with zero attached hydrogens (tertiary/aromatic N) is 2. The van der Waals surface area contributed by atoms with Crippen molar-refractivity contribution in [2.75, 3.05) is 18.4 Å². The highest BCUT2D eigenvalue weighted by Crippen LogP contribution is 2.29. The number of likely N-dealkylation sites (tertiary alicyclic amines) is 1. The van der Waals surface area contributed by atoms with Crippen LogP contribution in [0.2, 0.25) is 0 Å². The Labute approximate surface area is 163 Å². The number of amides is 1. The van der Waals surface area contributed by atoms with Gasteiger partial charge in [0.25, 0.3) is 5.91 Å². The van der Waals surface area contributed by atoms with Crippen molar-refractivity contribution < 1.29 is 9.21 Å². The second kappa shape index (κ2) is 7.44. The van der Waals surface area contributed by atoms with Crippen LogP contribution in [0.15, 0.2) is 28.7 Å². The van der Waals surface area contributed by atoms with Gasteiger partial charge in [0, 0.05) is 22.4 Å². The van der Waals surface area contributed by atoms with Crippen molar-refractivity contribution in [3.8, 4) is 0 Å². The van der Waals surface area contributed by atoms with Crippen LogP contribution < -0.4 is 5.32 Å². The smallest absolute Gasteiger partial charge is 0.293 e. The first-order valence-electron chi connectivity index (χ1n) is 9.49. The van der Waals surface area contributed by atoms with E-state index in [0.29, 0.717) is 10.9 Å². The molecule has 0 atom stereocenters. The van der Waals surface area contributed by atoms with Crippen molar-refractivity contribution in [2.45, 2.75) is 40.2 Å².